The lowest BCUT2D eigenvalue weighted by atomic mass is 10.2. The molecule has 1 N–H and O–H groups in total. The third-order valence-corrected chi connectivity index (χ3v) is 6.59. The van der Waals surface area contributed by atoms with Crippen molar-refractivity contribution in [1.82, 2.24) is 14.6 Å². The molecular formula is C19H20ClN5O3S. The van der Waals surface area contributed by atoms with Gasteiger partial charge < -0.3 is 9.80 Å². The van der Waals surface area contributed by atoms with Gasteiger partial charge >= 0.3 is 0 Å². The van der Waals surface area contributed by atoms with E-state index in [0.717, 1.165) is 5.82 Å². The van der Waals surface area contributed by atoms with E-state index in [4.69, 9.17) is 11.6 Å². The Morgan fingerprint density at radius 1 is 1.17 bits per heavy atom. The van der Waals surface area contributed by atoms with E-state index in [0.29, 0.717) is 36.8 Å². The fourth-order valence-corrected chi connectivity index (χ4v) is 4.80. The summed E-state index contributed by atoms with van der Waals surface area (Å²) in [5, 5.41) is 0.583. The fraction of sp³-hybridized carbons (Fsp3) is 0.316. The number of hydrogen-bond acceptors (Lipinski definition) is 6. The highest BCUT2D eigenvalue weighted by Gasteiger charge is 2.32. The number of pyridine rings is 1. The van der Waals surface area contributed by atoms with Crippen molar-refractivity contribution >= 4 is 39.2 Å². The van der Waals surface area contributed by atoms with Crippen LogP contribution in [0, 0.1) is 0 Å². The first kappa shape index (κ1) is 19.7. The summed E-state index contributed by atoms with van der Waals surface area (Å²) < 4.78 is 26.8. The average molecular weight is 434 g/mol. The lowest BCUT2D eigenvalue weighted by molar-refractivity contribution is -0.132. The summed E-state index contributed by atoms with van der Waals surface area (Å²) in [7, 11) is -3.62. The Kier molecular flexibility index (Phi) is 5.18. The van der Waals surface area contributed by atoms with Gasteiger partial charge in [0.25, 0.3) is 10.0 Å². The number of carbonyl (C=O) groups excluding carboxylic acids is 1. The number of hydrogen-bond donors (Lipinski definition) is 1. The zero-order valence-corrected chi connectivity index (χ0v) is 17.3. The number of aliphatic imine (C=N–C) groups is 1. The van der Waals surface area contributed by atoms with E-state index in [2.05, 4.69) is 19.6 Å². The summed E-state index contributed by atoms with van der Waals surface area (Å²) in [5.74, 6) is 0.905. The average Bonchev–Trinajstić information content (AvgIpc) is 2.98. The topological polar surface area (TPSA) is 95.0 Å². The van der Waals surface area contributed by atoms with Crippen LogP contribution in [0.4, 0.5) is 5.82 Å². The quantitative estimate of drug-likeness (QED) is 0.791. The monoisotopic (exact) mass is 433 g/mol. The van der Waals surface area contributed by atoms with Crippen molar-refractivity contribution < 1.29 is 13.2 Å². The number of halogens is 1. The molecule has 0 aliphatic carbocycles. The van der Waals surface area contributed by atoms with Crippen molar-refractivity contribution in [2.75, 3.05) is 31.1 Å². The van der Waals surface area contributed by atoms with Crippen LogP contribution in [0.3, 0.4) is 0 Å². The molecule has 1 aromatic carbocycles. The molecule has 1 fully saturated rings. The van der Waals surface area contributed by atoms with Crippen molar-refractivity contribution in [3.8, 4) is 0 Å². The molecule has 1 saturated heterocycles. The van der Waals surface area contributed by atoms with Crippen LogP contribution in [0.1, 0.15) is 12.5 Å². The molecule has 0 bridgehead atoms. The summed E-state index contributed by atoms with van der Waals surface area (Å²) in [6, 6.07) is 9.56. The normalized spacial score (nSPS) is 20.3. The predicted octanol–water partition coefficient (Wildman–Crippen LogP) is 1.51. The van der Waals surface area contributed by atoms with Gasteiger partial charge in [-0.1, -0.05) is 23.7 Å². The molecule has 0 saturated carbocycles. The van der Waals surface area contributed by atoms with Gasteiger partial charge in [-0.2, -0.15) is 0 Å². The number of nitrogens with zero attached hydrogens (tertiary/aromatic N) is 4. The molecule has 2 aliphatic heterocycles. The van der Waals surface area contributed by atoms with Crippen molar-refractivity contribution in [1.29, 1.82) is 0 Å². The lowest BCUT2D eigenvalue weighted by Crippen LogP contribution is -2.51. The second kappa shape index (κ2) is 7.64. The van der Waals surface area contributed by atoms with Crippen LogP contribution in [0.15, 0.2) is 52.5 Å². The minimum absolute atomic E-state index is 0.134. The second-order valence-electron chi connectivity index (χ2n) is 6.90. The smallest absolute Gasteiger partial charge is 0.263 e. The number of sulfonamides is 1. The largest absolute Gasteiger partial charge is 0.353 e. The Hall–Kier alpha value is -2.65. The van der Waals surface area contributed by atoms with Crippen molar-refractivity contribution in [2.45, 2.75) is 17.9 Å². The Morgan fingerprint density at radius 2 is 1.90 bits per heavy atom. The molecule has 0 spiro atoms. The number of anilines is 1. The van der Waals surface area contributed by atoms with Gasteiger partial charge in [0.15, 0.2) is 0 Å². The van der Waals surface area contributed by atoms with E-state index < -0.39 is 16.1 Å². The molecule has 152 valence electrons. The van der Waals surface area contributed by atoms with Gasteiger partial charge in [0.05, 0.1) is 9.92 Å². The highest BCUT2D eigenvalue weighted by Crippen LogP contribution is 2.23. The number of rotatable bonds is 3. The summed E-state index contributed by atoms with van der Waals surface area (Å²) in [6.45, 7) is 4.07. The van der Waals surface area contributed by atoms with Crippen LogP contribution in [-0.2, 0) is 14.8 Å². The molecule has 29 heavy (non-hydrogen) atoms. The Bertz CT molecular complexity index is 1060. The maximum absolute atomic E-state index is 12.8. The van der Waals surface area contributed by atoms with Gasteiger partial charge in [0.2, 0.25) is 5.91 Å². The highest BCUT2D eigenvalue weighted by atomic mass is 35.5. The van der Waals surface area contributed by atoms with Crippen LogP contribution < -0.4 is 9.62 Å². The van der Waals surface area contributed by atoms with Crippen LogP contribution in [0.2, 0.25) is 5.02 Å². The minimum Gasteiger partial charge on any atom is -0.353 e. The first-order valence-corrected chi connectivity index (χ1v) is 11.1. The third-order valence-electron chi connectivity index (χ3n) is 4.97. The molecule has 2 aliphatic rings. The first-order chi connectivity index (χ1) is 13.8. The molecular weight excluding hydrogens is 414 g/mol. The number of amides is 1. The Balaban J connectivity index is 1.43. The Labute approximate surface area is 174 Å². The highest BCUT2D eigenvalue weighted by molar-refractivity contribution is 7.90. The van der Waals surface area contributed by atoms with Gasteiger partial charge in [0, 0.05) is 37.9 Å². The Morgan fingerprint density at radius 3 is 2.59 bits per heavy atom. The maximum atomic E-state index is 12.8. The number of carbonyl (C=O) groups is 1. The number of nitrogens with one attached hydrogen (secondary N) is 1. The second-order valence-corrected chi connectivity index (χ2v) is 8.99. The number of amidine groups is 1. The predicted molar refractivity (Wildman–Crippen MR) is 111 cm³/mol. The van der Waals surface area contributed by atoms with E-state index in [1.807, 2.05) is 6.07 Å². The van der Waals surface area contributed by atoms with Crippen LogP contribution in [0.25, 0.3) is 0 Å². The summed E-state index contributed by atoms with van der Waals surface area (Å²) in [5.41, 5.74) is 0.491. The zero-order valence-electron chi connectivity index (χ0n) is 15.7. The molecule has 3 heterocycles. The number of aromatic nitrogens is 1. The minimum atomic E-state index is -3.62. The molecule has 0 radical (unpaired) electrons. The molecule has 4 rings (SSSR count). The standard InChI is InChI=1S/C19H20ClN5O3S/c1-13(22-18-15-4-2-3-5-16(15)29(27,28)23-18)19(26)25-10-8-24(9-11-25)17-7-6-14(20)12-21-17/h2-7,12-13H,8-11H2,1H3,(H,22,23)/t13-/m0/s1. The van der Waals surface area contributed by atoms with Gasteiger partial charge in [-0.3, -0.25) is 14.5 Å². The molecule has 1 aromatic heterocycles. The lowest BCUT2D eigenvalue weighted by Gasteiger charge is -2.36. The van der Waals surface area contributed by atoms with Crippen molar-refractivity contribution in [3.05, 3.63) is 53.2 Å². The number of benzene rings is 1. The van der Waals surface area contributed by atoms with Crippen LogP contribution in [0.5, 0.6) is 0 Å². The number of piperazine rings is 1. The van der Waals surface area contributed by atoms with Crippen molar-refractivity contribution in [3.63, 3.8) is 0 Å². The van der Waals surface area contributed by atoms with Crippen LogP contribution >= 0.6 is 11.6 Å². The molecule has 2 aromatic rings. The van der Waals surface area contributed by atoms with Gasteiger partial charge in [-0.05, 0) is 31.2 Å². The van der Waals surface area contributed by atoms with Crippen molar-refractivity contribution in [2.24, 2.45) is 4.99 Å². The third kappa shape index (κ3) is 3.92. The molecule has 10 heteroatoms. The zero-order chi connectivity index (χ0) is 20.6. The summed E-state index contributed by atoms with van der Waals surface area (Å²) in [6.07, 6.45) is 1.60. The van der Waals surface area contributed by atoms with Gasteiger partial charge in [-0.15, -0.1) is 0 Å². The first-order valence-electron chi connectivity index (χ1n) is 9.20. The molecule has 1 amide bonds. The van der Waals surface area contributed by atoms with Crippen LogP contribution in [-0.4, -0.2) is 62.3 Å². The SMILES string of the molecule is C[C@H](N=C1NS(=O)(=O)c2ccccc21)C(=O)N1CCN(c2ccc(Cl)cn2)CC1. The molecule has 0 unspecified atom stereocenters. The number of fused-ring (bicyclic) bond motifs is 1. The molecule has 1 atom stereocenters. The summed E-state index contributed by atoms with van der Waals surface area (Å²) in [4.78, 5) is 25.5. The summed E-state index contributed by atoms with van der Waals surface area (Å²) >= 11 is 5.88. The van der Waals surface area contributed by atoms with E-state index in [1.54, 1.807) is 42.3 Å². The fourth-order valence-electron chi connectivity index (χ4n) is 3.45. The molecule has 8 nitrogen and oxygen atoms in total. The van der Waals surface area contributed by atoms with E-state index >= 15 is 0 Å². The van der Waals surface area contributed by atoms with E-state index in [9.17, 15) is 13.2 Å². The van der Waals surface area contributed by atoms with Gasteiger partial charge in [0.1, 0.15) is 17.7 Å². The maximum Gasteiger partial charge on any atom is 0.263 e. The van der Waals surface area contributed by atoms with E-state index in [-0.39, 0.29) is 16.6 Å². The van der Waals surface area contributed by atoms with Gasteiger partial charge in [-0.25, -0.2) is 13.4 Å². The van der Waals surface area contributed by atoms with E-state index in [1.165, 1.54) is 6.07 Å².